The summed E-state index contributed by atoms with van der Waals surface area (Å²) in [5.74, 6) is 1.02. The summed E-state index contributed by atoms with van der Waals surface area (Å²) in [6, 6.07) is 2.25. The molecule has 2 nitrogen and oxygen atoms in total. The van der Waals surface area contributed by atoms with E-state index in [0.29, 0.717) is 6.61 Å². The maximum atomic E-state index is 5.94. The van der Waals surface area contributed by atoms with Crippen molar-refractivity contribution in [3.63, 3.8) is 0 Å². The monoisotopic (exact) mass is 177 g/mol. The van der Waals surface area contributed by atoms with E-state index in [-0.39, 0.29) is 6.04 Å². The number of benzene rings is 1. The first kappa shape index (κ1) is 8.57. The zero-order valence-corrected chi connectivity index (χ0v) is 8.35. The van der Waals surface area contributed by atoms with E-state index in [4.69, 9.17) is 10.5 Å². The maximum Gasteiger partial charge on any atom is 0.127 e. The topological polar surface area (TPSA) is 35.2 Å². The van der Waals surface area contributed by atoms with Crippen LogP contribution in [0, 0.1) is 20.8 Å². The van der Waals surface area contributed by atoms with Crippen LogP contribution in [0.2, 0.25) is 0 Å². The highest BCUT2D eigenvalue weighted by molar-refractivity contribution is 5.53. The van der Waals surface area contributed by atoms with Crippen LogP contribution in [0.25, 0.3) is 0 Å². The molecule has 0 fully saturated rings. The summed E-state index contributed by atoms with van der Waals surface area (Å²) in [5.41, 5.74) is 10.9. The fourth-order valence-corrected chi connectivity index (χ4v) is 1.97. The third-order valence-electron chi connectivity index (χ3n) is 2.81. The predicted molar refractivity (Wildman–Crippen MR) is 53.1 cm³/mol. The lowest BCUT2D eigenvalue weighted by atomic mass is 9.97. The molecule has 0 aromatic heterocycles. The van der Waals surface area contributed by atoms with Crippen molar-refractivity contribution in [3.8, 4) is 5.75 Å². The van der Waals surface area contributed by atoms with E-state index in [1.54, 1.807) is 0 Å². The second-order valence-electron chi connectivity index (χ2n) is 3.80. The summed E-state index contributed by atoms with van der Waals surface area (Å²) in [4.78, 5) is 0. The van der Waals surface area contributed by atoms with Gasteiger partial charge in [-0.05, 0) is 37.5 Å². The maximum absolute atomic E-state index is 5.94. The minimum absolute atomic E-state index is 0.0642. The first-order valence-corrected chi connectivity index (χ1v) is 4.60. The molecule has 1 aromatic carbocycles. The number of fused-ring (bicyclic) bond motifs is 1. The molecule has 0 bridgehead atoms. The minimum Gasteiger partial charge on any atom is -0.491 e. The van der Waals surface area contributed by atoms with Crippen LogP contribution in [0.4, 0.5) is 0 Å². The summed E-state index contributed by atoms with van der Waals surface area (Å²) in [5, 5.41) is 0. The molecule has 2 rings (SSSR count). The van der Waals surface area contributed by atoms with E-state index in [2.05, 4.69) is 26.8 Å². The number of hydrogen-bond acceptors (Lipinski definition) is 2. The third-order valence-corrected chi connectivity index (χ3v) is 2.81. The van der Waals surface area contributed by atoms with Crippen molar-refractivity contribution in [2.24, 2.45) is 5.73 Å². The molecule has 2 heteroatoms. The average Bonchev–Trinajstić information content (AvgIpc) is 2.44. The van der Waals surface area contributed by atoms with Crippen LogP contribution in [-0.2, 0) is 0 Å². The van der Waals surface area contributed by atoms with Crippen molar-refractivity contribution in [3.05, 3.63) is 28.3 Å². The highest BCUT2D eigenvalue weighted by Crippen LogP contribution is 2.37. The van der Waals surface area contributed by atoms with Gasteiger partial charge in [-0.1, -0.05) is 6.07 Å². The molecule has 1 aliphatic heterocycles. The Morgan fingerprint density at radius 3 is 2.69 bits per heavy atom. The van der Waals surface area contributed by atoms with Crippen LogP contribution in [0.3, 0.4) is 0 Å². The predicted octanol–water partition coefficient (Wildman–Crippen LogP) is 2.00. The van der Waals surface area contributed by atoms with E-state index in [9.17, 15) is 0 Å². The Labute approximate surface area is 78.7 Å². The molecule has 1 aromatic rings. The first-order chi connectivity index (χ1) is 6.11. The fourth-order valence-electron chi connectivity index (χ4n) is 1.97. The van der Waals surface area contributed by atoms with E-state index in [1.165, 1.54) is 22.3 Å². The second kappa shape index (κ2) is 2.74. The summed E-state index contributed by atoms with van der Waals surface area (Å²) < 4.78 is 5.58. The van der Waals surface area contributed by atoms with E-state index < -0.39 is 0 Å². The van der Waals surface area contributed by atoms with Gasteiger partial charge in [0.15, 0.2) is 0 Å². The van der Waals surface area contributed by atoms with Gasteiger partial charge in [-0.25, -0.2) is 0 Å². The van der Waals surface area contributed by atoms with Crippen LogP contribution in [0.5, 0.6) is 5.75 Å². The quantitative estimate of drug-likeness (QED) is 0.658. The number of rotatable bonds is 0. The zero-order valence-electron chi connectivity index (χ0n) is 8.35. The molecule has 1 aliphatic rings. The largest absolute Gasteiger partial charge is 0.491 e. The molecule has 2 N–H and O–H groups in total. The summed E-state index contributed by atoms with van der Waals surface area (Å²) in [6.45, 7) is 6.92. The number of hydrogen-bond donors (Lipinski definition) is 1. The van der Waals surface area contributed by atoms with Crippen LogP contribution < -0.4 is 10.5 Å². The molecule has 0 amide bonds. The Morgan fingerprint density at radius 1 is 1.31 bits per heavy atom. The molecule has 13 heavy (non-hydrogen) atoms. The van der Waals surface area contributed by atoms with Crippen molar-refractivity contribution < 1.29 is 4.74 Å². The van der Waals surface area contributed by atoms with Crippen LogP contribution in [0.1, 0.15) is 28.3 Å². The van der Waals surface area contributed by atoms with Crippen molar-refractivity contribution in [1.82, 2.24) is 0 Å². The van der Waals surface area contributed by atoms with Gasteiger partial charge in [0, 0.05) is 5.56 Å². The number of ether oxygens (including phenoxy) is 1. The van der Waals surface area contributed by atoms with Crippen LogP contribution >= 0.6 is 0 Å². The van der Waals surface area contributed by atoms with Crippen molar-refractivity contribution in [1.29, 1.82) is 0 Å². The first-order valence-electron chi connectivity index (χ1n) is 4.60. The molecule has 0 spiro atoms. The van der Waals surface area contributed by atoms with Gasteiger partial charge in [0.05, 0.1) is 6.04 Å². The number of nitrogens with two attached hydrogens (primary N) is 1. The van der Waals surface area contributed by atoms with Crippen LogP contribution in [0.15, 0.2) is 6.07 Å². The molecule has 1 unspecified atom stereocenters. The Hall–Kier alpha value is -1.02. The third kappa shape index (κ3) is 1.13. The van der Waals surface area contributed by atoms with Gasteiger partial charge in [-0.2, -0.15) is 0 Å². The molecular weight excluding hydrogens is 162 g/mol. The van der Waals surface area contributed by atoms with Gasteiger partial charge in [-0.3, -0.25) is 0 Å². The van der Waals surface area contributed by atoms with Crippen molar-refractivity contribution in [2.75, 3.05) is 6.61 Å². The Bertz CT molecular complexity index is 358. The highest BCUT2D eigenvalue weighted by Gasteiger charge is 2.24. The molecule has 0 saturated carbocycles. The van der Waals surface area contributed by atoms with Gasteiger partial charge in [0.1, 0.15) is 12.4 Å². The van der Waals surface area contributed by atoms with E-state index in [0.717, 1.165) is 5.75 Å². The lowest BCUT2D eigenvalue weighted by molar-refractivity contribution is 0.331. The molecule has 0 aliphatic carbocycles. The van der Waals surface area contributed by atoms with Gasteiger partial charge >= 0.3 is 0 Å². The SMILES string of the molecule is Cc1cc(C)c2c(c1C)OCC2N. The van der Waals surface area contributed by atoms with Crippen molar-refractivity contribution >= 4 is 0 Å². The highest BCUT2D eigenvalue weighted by atomic mass is 16.5. The lowest BCUT2D eigenvalue weighted by Crippen LogP contribution is -2.11. The summed E-state index contributed by atoms with van der Waals surface area (Å²) >= 11 is 0. The molecular formula is C11H15NO. The van der Waals surface area contributed by atoms with Gasteiger partial charge in [-0.15, -0.1) is 0 Å². The van der Waals surface area contributed by atoms with Gasteiger partial charge in [0.25, 0.3) is 0 Å². The molecule has 1 heterocycles. The fraction of sp³-hybridized carbons (Fsp3) is 0.455. The number of aryl methyl sites for hydroxylation is 2. The molecule has 0 saturated heterocycles. The normalized spacial score (nSPS) is 19.8. The average molecular weight is 177 g/mol. The zero-order chi connectivity index (χ0) is 9.59. The summed E-state index contributed by atoms with van der Waals surface area (Å²) in [7, 11) is 0. The Kier molecular flexibility index (Phi) is 1.81. The van der Waals surface area contributed by atoms with Gasteiger partial charge < -0.3 is 10.5 Å². The second-order valence-corrected chi connectivity index (χ2v) is 3.80. The molecule has 0 radical (unpaired) electrons. The van der Waals surface area contributed by atoms with E-state index in [1.807, 2.05) is 0 Å². The summed E-state index contributed by atoms with van der Waals surface area (Å²) in [6.07, 6.45) is 0. The smallest absolute Gasteiger partial charge is 0.127 e. The van der Waals surface area contributed by atoms with Crippen LogP contribution in [-0.4, -0.2) is 6.61 Å². The standard InChI is InChI=1S/C11H15NO/c1-6-4-7(2)10-9(12)5-13-11(10)8(6)3/h4,9H,5,12H2,1-3H3. The Balaban J connectivity index is 2.69. The molecule has 1 atom stereocenters. The molecule has 70 valence electrons. The minimum atomic E-state index is 0.0642. The Morgan fingerprint density at radius 2 is 2.00 bits per heavy atom. The van der Waals surface area contributed by atoms with E-state index >= 15 is 0 Å². The van der Waals surface area contributed by atoms with Crippen molar-refractivity contribution in [2.45, 2.75) is 26.8 Å². The lowest BCUT2D eigenvalue weighted by Gasteiger charge is -2.10. The van der Waals surface area contributed by atoms with Gasteiger partial charge in [0.2, 0.25) is 0 Å².